The second kappa shape index (κ2) is 5.52. The van der Waals surface area contributed by atoms with Crippen LogP contribution in [0.2, 0.25) is 0 Å². The van der Waals surface area contributed by atoms with E-state index in [1.54, 1.807) is 6.92 Å². The van der Waals surface area contributed by atoms with Crippen molar-refractivity contribution in [1.82, 2.24) is 0 Å². The summed E-state index contributed by atoms with van der Waals surface area (Å²) in [6, 6.07) is -1.11. The van der Waals surface area contributed by atoms with E-state index in [0.717, 1.165) is 0 Å². The molecule has 0 bridgehead atoms. The fourth-order valence-corrected chi connectivity index (χ4v) is 0.459. The first-order chi connectivity index (χ1) is 5.26. The fraction of sp³-hybridized carbons (Fsp3) is 0.800. The average molecular weight is 159 g/mol. The van der Waals surface area contributed by atoms with Crippen LogP contribution in [0.25, 0.3) is 10.4 Å². The summed E-state index contributed by atoms with van der Waals surface area (Å²) >= 11 is 0. The molecular formula is C5H9N3O3. The monoisotopic (exact) mass is 159 g/mol. The standard InChI is InChI=1S/C5H9N3O3/c1-2-11-5(10)4(3-9)7-8-6/h4,9H,2-3H2,1H3/t4-/m1/s1. The molecule has 0 radical (unpaired) electrons. The zero-order valence-electron chi connectivity index (χ0n) is 6.10. The van der Waals surface area contributed by atoms with Crippen LogP contribution in [0.1, 0.15) is 6.92 Å². The topological polar surface area (TPSA) is 95.3 Å². The molecule has 62 valence electrons. The van der Waals surface area contributed by atoms with Gasteiger partial charge in [-0.05, 0) is 12.5 Å². The van der Waals surface area contributed by atoms with Crippen LogP contribution in [-0.2, 0) is 9.53 Å². The molecule has 0 aromatic carbocycles. The molecule has 0 saturated heterocycles. The number of hydrogen-bond donors (Lipinski definition) is 1. The van der Waals surface area contributed by atoms with Crippen molar-refractivity contribution < 1.29 is 14.6 Å². The minimum absolute atomic E-state index is 0.205. The van der Waals surface area contributed by atoms with Crippen LogP contribution in [-0.4, -0.2) is 30.3 Å². The lowest BCUT2D eigenvalue weighted by Gasteiger charge is -2.05. The van der Waals surface area contributed by atoms with Gasteiger partial charge in [0.25, 0.3) is 0 Å². The zero-order chi connectivity index (χ0) is 8.69. The maximum atomic E-state index is 10.7. The Balaban J connectivity index is 4.02. The summed E-state index contributed by atoms with van der Waals surface area (Å²) in [7, 11) is 0. The Kier molecular flexibility index (Phi) is 4.89. The van der Waals surface area contributed by atoms with E-state index in [1.807, 2.05) is 0 Å². The molecule has 0 saturated carbocycles. The normalized spacial score (nSPS) is 11.5. The molecular weight excluding hydrogens is 150 g/mol. The van der Waals surface area contributed by atoms with Gasteiger partial charge >= 0.3 is 5.97 Å². The van der Waals surface area contributed by atoms with Crippen LogP contribution >= 0.6 is 0 Å². The van der Waals surface area contributed by atoms with Crippen molar-refractivity contribution in [3.8, 4) is 0 Å². The molecule has 6 nitrogen and oxygen atoms in total. The predicted octanol–water partition coefficient (Wildman–Crippen LogP) is 0.221. The zero-order valence-corrected chi connectivity index (χ0v) is 6.10. The Labute approximate surface area is 63.4 Å². The Morgan fingerprint density at radius 3 is 2.91 bits per heavy atom. The Morgan fingerprint density at radius 2 is 2.55 bits per heavy atom. The summed E-state index contributed by atoms with van der Waals surface area (Å²) < 4.78 is 4.48. The van der Waals surface area contributed by atoms with E-state index in [4.69, 9.17) is 10.6 Å². The third-order valence-corrected chi connectivity index (χ3v) is 0.923. The largest absolute Gasteiger partial charge is 0.466 e. The third kappa shape index (κ3) is 3.44. The molecule has 0 fully saturated rings. The molecule has 0 rings (SSSR count). The van der Waals surface area contributed by atoms with Gasteiger partial charge in [-0.1, -0.05) is 5.11 Å². The highest BCUT2D eigenvalue weighted by Gasteiger charge is 2.15. The molecule has 6 heteroatoms. The molecule has 0 unspecified atom stereocenters. The summed E-state index contributed by atoms with van der Waals surface area (Å²) in [6.45, 7) is 1.31. The number of aliphatic hydroxyl groups is 1. The van der Waals surface area contributed by atoms with Crippen LogP contribution in [0.15, 0.2) is 5.11 Å². The Morgan fingerprint density at radius 1 is 1.91 bits per heavy atom. The lowest BCUT2D eigenvalue weighted by Crippen LogP contribution is -2.24. The summed E-state index contributed by atoms with van der Waals surface area (Å²) in [5, 5.41) is 11.5. The second-order valence-electron chi connectivity index (χ2n) is 1.66. The van der Waals surface area contributed by atoms with Crippen LogP contribution in [0.5, 0.6) is 0 Å². The Hall–Kier alpha value is -1.26. The SMILES string of the molecule is CCOC(=O)[C@@H](CO)N=[N+]=[N-]. The first-order valence-corrected chi connectivity index (χ1v) is 3.08. The van der Waals surface area contributed by atoms with Crippen LogP contribution in [0.4, 0.5) is 0 Å². The third-order valence-electron chi connectivity index (χ3n) is 0.923. The molecule has 1 atom stereocenters. The van der Waals surface area contributed by atoms with Gasteiger partial charge in [0.1, 0.15) is 0 Å². The molecule has 0 aliphatic heterocycles. The average Bonchev–Trinajstić information content (AvgIpc) is 2.00. The molecule has 1 N–H and O–H groups in total. The number of carbonyl (C=O) groups excluding carboxylic acids is 1. The van der Waals surface area contributed by atoms with Gasteiger partial charge < -0.3 is 9.84 Å². The first kappa shape index (κ1) is 9.74. The minimum Gasteiger partial charge on any atom is -0.466 e. The predicted molar refractivity (Wildman–Crippen MR) is 36.7 cm³/mol. The van der Waals surface area contributed by atoms with E-state index in [-0.39, 0.29) is 6.61 Å². The maximum Gasteiger partial charge on any atom is 0.317 e. The van der Waals surface area contributed by atoms with Crippen molar-refractivity contribution in [2.45, 2.75) is 13.0 Å². The molecule has 0 heterocycles. The summed E-state index contributed by atoms with van der Waals surface area (Å²) in [5.41, 5.74) is 7.92. The number of carbonyl (C=O) groups is 1. The molecule has 0 aromatic heterocycles. The maximum absolute atomic E-state index is 10.7. The molecule has 0 spiro atoms. The number of esters is 1. The van der Waals surface area contributed by atoms with Crippen LogP contribution in [0.3, 0.4) is 0 Å². The van der Waals surface area contributed by atoms with E-state index in [2.05, 4.69) is 14.8 Å². The van der Waals surface area contributed by atoms with Crippen LogP contribution < -0.4 is 0 Å². The lowest BCUT2D eigenvalue weighted by molar-refractivity contribution is -0.145. The van der Waals surface area contributed by atoms with Crippen molar-refractivity contribution in [2.75, 3.05) is 13.2 Å². The van der Waals surface area contributed by atoms with E-state index in [9.17, 15) is 4.79 Å². The van der Waals surface area contributed by atoms with Gasteiger partial charge in [-0.25, -0.2) is 0 Å². The smallest absolute Gasteiger partial charge is 0.317 e. The number of rotatable bonds is 4. The van der Waals surface area contributed by atoms with E-state index in [0.29, 0.717) is 0 Å². The number of aliphatic hydroxyl groups excluding tert-OH is 1. The van der Waals surface area contributed by atoms with Crippen molar-refractivity contribution in [2.24, 2.45) is 5.11 Å². The van der Waals surface area contributed by atoms with Gasteiger partial charge in [-0.15, -0.1) is 0 Å². The molecule has 0 amide bonds. The van der Waals surface area contributed by atoms with Crippen molar-refractivity contribution in [3.05, 3.63) is 10.4 Å². The van der Waals surface area contributed by atoms with E-state index < -0.39 is 18.6 Å². The van der Waals surface area contributed by atoms with E-state index in [1.165, 1.54) is 0 Å². The lowest BCUT2D eigenvalue weighted by atomic mass is 10.3. The van der Waals surface area contributed by atoms with Gasteiger partial charge in [0.15, 0.2) is 6.04 Å². The highest BCUT2D eigenvalue weighted by molar-refractivity contribution is 5.76. The summed E-state index contributed by atoms with van der Waals surface area (Å²) in [5.74, 6) is -0.701. The fourth-order valence-electron chi connectivity index (χ4n) is 0.459. The highest BCUT2D eigenvalue weighted by Crippen LogP contribution is 1.93. The second-order valence-corrected chi connectivity index (χ2v) is 1.66. The minimum atomic E-state index is -1.11. The highest BCUT2D eigenvalue weighted by atomic mass is 16.5. The number of hydrogen-bond acceptors (Lipinski definition) is 4. The molecule has 0 aromatic rings. The molecule has 11 heavy (non-hydrogen) atoms. The molecule has 0 aliphatic carbocycles. The quantitative estimate of drug-likeness (QED) is 0.275. The number of azide groups is 1. The molecule has 0 aliphatic rings. The van der Waals surface area contributed by atoms with Gasteiger partial charge in [-0.3, -0.25) is 4.79 Å². The first-order valence-electron chi connectivity index (χ1n) is 3.08. The van der Waals surface area contributed by atoms with Crippen molar-refractivity contribution in [1.29, 1.82) is 0 Å². The van der Waals surface area contributed by atoms with Gasteiger partial charge in [0, 0.05) is 4.91 Å². The van der Waals surface area contributed by atoms with Gasteiger partial charge in [-0.2, -0.15) is 0 Å². The van der Waals surface area contributed by atoms with Gasteiger partial charge in [0.2, 0.25) is 0 Å². The summed E-state index contributed by atoms with van der Waals surface area (Å²) in [6.07, 6.45) is 0. The number of ether oxygens (including phenoxy) is 1. The summed E-state index contributed by atoms with van der Waals surface area (Å²) in [4.78, 5) is 13.1. The number of nitrogens with zero attached hydrogens (tertiary/aromatic N) is 3. The van der Waals surface area contributed by atoms with Crippen LogP contribution in [0, 0.1) is 0 Å². The van der Waals surface area contributed by atoms with Crippen molar-refractivity contribution >= 4 is 5.97 Å². The van der Waals surface area contributed by atoms with Gasteiger partial charge in [0.05, 0.1) is 13.2 Å². The van der Waals surface area contributed by atoms with E-state index >= 15 is 0 Å². The Bertz CT molecular complexity index is 176. The van der Waals surface area contributed by atoms with Crippen molar-refractivity contribution in [3.63, 3.8) is 0 Å².